The lowest BCUT2D eigenvalue weighted by atomic mass is 10.2. The molecule has 6 nitrogen and oxygen atoms in total. The van der Waals surface area contributed by atoms with Gasteiger partial charge in [0.1, 0.15) is 0 Å². The molecule has 0 fully saturated rings. The van der Waals surface area contributed by atoms with Crippen molar-refractivity contribution < 1.29 is 22.7 Å². The molecule has 0 radical (unpaired) electrons. The Balaban J connectivity index is 3.07. The highest BCUT2D eigenvalue weighted by atomic mass is 35.5. The summed E-state index contributed by atoms with van der Waals surface area (Å²) in [6, 6.07) is 2.49. The van der Waals surface area contributed by atoms with Crippen LogP contribution in [0.2, 0.25) is 10.0 Å². The van der Waals surface area contributed by atoms with Gasteiger partial charge in [-0.2, -0.15) is 0 Å². The summed E-state index contributed by atoms with van der Waals surface area (Å²) in [5, 5.41) is -0.00235. The number of rotatable bonds is 10. The van der Waals surface area contributed by atoms with E-state index in [1.807, 2.05) is 13.8 Å². The van der Waals surface area contributed by atoms with E-state index < -0.39 is 9.84 Å². The van der Waals surface area contributed by atoms with Gasteiger partial charge in [0.25, 0.3) is 5.91 Å². The molecule has 1 aromatic carbocycles. The van der Waals surface area contributed by atoms with E-state index >= 15 is 0 Å². The van der Waals surface area contributed by atoms with Gasteiger partial charge in [-0.1, -0.05) is 23.2 Å². The van der Waals surface area contributed by atoms with E-state index in [4.69, 9.17) is 32.7 Å². The molecule has 0 heterocycles. The van der Waals surface area contributed by atoms with E-state index in [0.717, 1.165) is 6.26 Å². The zero-order chi connectivity index (χ0) is 19.0. The maximum Gasteiger partial charge on any atom is 0.255 e. The summed E-state index contributed by atoms with van der Waals surface area (Å²) in [5.74, 6) is -0.355. The fourth-order valence-electron chi connectivity index (χ4n) is 2.10. The smallest absolute Gasteiger partial charge is 0.255 e. The molecule has 1 amide bonds. The van der Waals surface area contributed by atoms with E-state index in [9.17, 15) is 13.2 Å². The average molecular weight is 412 g/mol. The number of carbonyl (C=O) groups is 1. The van der Waals surface area contributed by atoms with E-state index in [0.29, 0.717) is 39.5 Å². The third-order valence-electron chi connectivity index (χ3n) is 3.36. The fourth-order valence-corrected chi connectivity index (χ4v) is 3.74. The van der Waals surface area contributed by atoms with Crippen LogP contribution in [0.3, 0.4) is 0 Å². The van der Waals surface area contributed by atoms with Gasteiger partial charge in [-0.25, -0.2) is 8.42 Å². The summed E-state index contributed by atoms with van der Waals surface area (Å²) < 4.78 is 34.0. The molecule has 0 aliphatic carbocycles. The number of ether oxygens (including phenoxy) is 2. The molecule has 0 saturated heterocycles. The molecule has 9 heteroatoms. The molecule has 0 aliphatic rings. The van der Waals surface area contributed by atoms with Crippen LogP contribution in [0.5, 0.6) is 0 Å². The normalized spacial score (nSPS) is 11.6. The molecule has 25 heavy (non-hydrogen) atoms. The van der Waals surface area contributed by atoms with Crippen molar-refractivity contribution in [1.29, 1.82) is 0 Å². The molecule has 0 spiro atoms. The lowest BCUT2D eigenvalue weighted by Gasteiger charge is -2.23. The second kappa shape index (κ2) is 10.3. The molecule has 0 N–H and O–H groups in total. The minimum Gasteiger partial charge on any atom is -0.380 e. The molecular weight excluding hydrogens is 389 g/mol. The van der Waals surface area contributed by atoms with E-state index in [2.05, 4.69) is 0 Å². The van der Waals surface area contributed by atoms with Gasteiger partial charge in [0.2, 0.25) is 0 Å². The number of halogens is 2. The largest absolute Gasteiger partial charge is 0.380 e. The first-order chi connectivity index (χ1) is 11.7. The Hall–Kier alpha value is -0.860. The fraction of sp³-hybridized carbons (Fsp3) is 0.562. The molecule has 1 aromatic rings. The second-order valence-electron chi connectivity index (χ2n) is 5.22. The van der Waals surface area contributed by atoms with Crippen LogP contribution in [0, 0.1) is 0 Å². The minimum atomic E-state index is -3.54. The quantitative estimate of drug-likeness (QED) is 0.553. The van der Waals surface area contributed by atoms with Crippen molar-refractivity contribution in [3.8, 4) is 0 Å². The average Bonchev–Trinajstić information content (AvgIpc) is 2.54. The van der Waals surface area contributed by atoms with E-state index in [1.165, 1.54) is 12.1 Å². The maximum absolute atomic E-state index is 12.8. The SMILES string of the molecule is CCOCCN(CCOCC)C(=O)c1cc(Cl)c(S(C)(=O)=O)cc1Cl. The molecular formula is C16H23Cl2NO5S. The summed E-state index contributed by atoms with van der Waals surface area (Å²) in [5.41, 5.74) is 0.145. The van der Waals surface area contributed by atoms with Crippen LogP contribution in [-0.4, -0.2) is 65.0 Å². The van der Waals surface area contributed by atoms with Crippen LogP contribution in [0.25, 0.3) is 0 Å². The predicted molar refractivity (Wildman–Crippen MR) is 98.5 cm³/mol. The van der Waals surface area contributed by atoms with Crippen molar-refractivity contribution in [1.82, 2.24) is 4.90 Å². The monoisotopic (exact) mass is 411 g/mol. The first kappa shape index (κ1) is 22.2. The summed E-state index contributed by atoms with van der Waals surface area (Å²) >= 11 is 12.2. The number of hydrogen-bond donors (Lipinski definition) is 0. The van der Waals surface area contributed by atoms with Gasteiger partial charge < -0.3 is 14.4 Å². The van der Waals surface area contributed by atoms with E-state index in [-0.39, 0.29) is 26.4 Å². The molecule has 142 valence electrons. The number of amides is 1. The van der Waals surface area contributed by atoms with Crippen LogP contribution in [0.1, 0.15) is 24.2 Å². The third-order valence-corrected chi connectivity index (χ3v) is 5.23. The van der Waals surface area contributed by atoms with Gasteiger partial charge in [0.15, 0.2) is 9.84 Å². The minimum absolute atomic E-state index is 0.0349. The molecule has 0 aliphatic heterocycles. The Kier molecular flexibility index (Phi) is 9.16. The molecule has 0 bridgehead atoms. The predicted octanol–water partition coefficient (Wildman–Crippen LogP) is 2.91. The van der Waals surface area contributed by atoms with Crippen molar-refractivity contribution >= 4 is 38.9 Å². The number of carbonyl (C=O) groups excluding carboxylic acids is 1. The van der Waals surface area contributed by atoms with Gasteiger partial charge in [0.05, 0.1) is 33.7 Å². The molecule has 0 unspecified atom stereocenters. The number of nitrogens with zero attached hydrogens (tertiary/aromatic N) is 1. The zero-order valence-electron chi connectivity index (χ0n) is 14.5. The van der Waals surface area contributed by atoms with Crippen molar-refractivity contribution in [2.24, 2.45) is 0 Å². The van der Waals surface area contributed by atoms with Crippen LogP contribution in [0.4, 0.5) is 0 Å². The highest BCUT2D eigenvalue weighted by molar-refractivity contribution is 7.90. The lowest BCUT2D eigenvalue weighted by Crippen LogP contribution is -2.37. The van der Waals surface area contributed by atoms with Crippen LogP contribution < -0.4 is 0 Å². The van der Waals surface area contributed by atoms with Gasteiger partial charge in [0, 0.05) is 32.6 Å². The van der Waals surface area contributed by atoms with Crippen molar-refractivity contribution in [2.75, 3.05) is 45.8 Å². The number of hydrogen-bond acceptors (Lipinski definition) is 5. The van der Waals surface area contributed by atoms with Crippen LogP contribution in [0.15, 0.2) is 17.0 Å². The van der Waals surface area contributed by atoms with Crippen LogP contribution in [-0.2, 0) is 19.3 Å². The zero-order valence-corrected chi connectivity index (χ0v) is 16.9. The van der Waals surface area contributed by atoms with Crippen molar-refractivity contribution in [3.63, 3.8) is 0 Å². The van der Waals surface area contributed by atoms with Crippen molar-refractivity contribution in [3.05, 3.63) is 27.7 Å². The standard InChI is InChI=1S/C16H23Cl2NO5S/c1-4-23-8-6-19(7-9-24-5-2)16(20)12-10-14(18)15(11-13(12)17)25(3,21)22/h10-11H,4-9H2,1-3H3. The van der Waals surface area contributed by atoms with Crippen molar-refractivity contribution in [2.45, 2.75) is 18.7 Å². The Bertz CT molecular complexity index is 684. The second-order valence-corrected chi connectivity index (χ2v) is 8.02. The maximum atomic E-state index is 12.8. The molecule has 0 saturated carbocycles. The van der Waals surface area contributed by atoms with Gasteiger partial charge in [-0.15, -0.1) is 0 Å². The van der Waals surface area contributed by atoms with Gasteiger partial charge in [-0.05, 0) is 26.0 Å². The van der Waals surface area contributed by atoms with Gasteiger partial charge >= 0.3 is 0 Å². The van der Waals surface area contributed by atoms with E-state index in [1.54, 1.807) is 4.90 Å². The summed E-state index contributed by atoms with van der Waals surface area (Å²) in [6.07, 6.45) is 1.03. The molecule has 1 rings (SSSR count). The third kappa shape index (κ3) is 6.75. The van der Waals surface area contributed by atoms with Gasteiger partial charge in [-0.3, -0.25) is 4.79 Å². The first-order valence-corrected chi connectivity index (χ1v) is 10.5. The number of sulfone groups is 1. The Labute approximate surface area is 158 Å². The highest BCUT2D eigenvalue weighted by Gasteiger charge is 2.22. The summed E-state index contributed by atoms with van der Waals surface area (Å²) in [4.78, 5) is 14.2. The first-order valence-electron chi connectivity index (χ1n) is 7.86. The van der Waals surface area contributed by atoms with Crippen LogP contribution >= 0.6 is 23.2 Å². The topological polar surface area (TPSA) is 72.9 Å². The highest BCUT2D eigenvalue weighted by Crippen LogP contribution is 2.29. The Morgan fingerprint density at radius 2 is 1.56 bits per heavy atom. The Morgan fingerprint density at radius 1 is 1.04 bits per heavy atom. The summed E-state index contributed by atoms with van der Waals surface area (Å²) in [6.45, 7) is 6.30. The molecule has 0 atom stereocenters. The number of benzene rings is 1. The lowest BCUT2D eigenvalue weighted by molar-refractivity contribution is 0.0550. The summed E-state index contributed by atoms with van der Waals surface area (Å²) in [7, 11) is -3.54. The molecule has 0 aromatic heterocycles. The Morgan fingerprint density at radius 3 is 2.00 bits per heavy atom.